The zero-order valence-corrected chi connectivity index (χ0v) is 21.1. The van der Waals surface area contributed by atoms with E-state index in [1.807, 2.05) is 13.8 Å². The molecule has 1 aromatic carbocycles. The predicted octanol–water partition coefficient (Wildman–Crippen LogP) is 1.94. The van der Waals surface area contributed by atoms with Crippen LogP contribution in [0, 0.1) is 27.4 Å². The molecule has 1 aromatic rings. The van der Waals surface area contributed by atoms with Crippen LogP contribution in [-0.2, 0) is 20.8 Å². The van der Waals surface area contributed by atoms with E-state index in [1.54, 1.807) is 52.1 Å². The molecule has 190 valence electrons. The average molecular weight is 479 g/mol. The molecule has 1 rings (SSSR count). The van der Waals surface area contributed by atoms with Gasteiger partial charge in [-0.3, -0.25) is 24.5 Å². The highest BCUT2D eigenvalue weighted by Gasteiger charge is 2.37. The van der Waals surface area contributed by atoms with Crippen LogP contribution >= 0.6 is 0 Å². The van der Waals surface area contributed by atoms with Crippen molar-refractivity contribution in [2.75, 3.05) is 20.7 Å². The first kappa shape index (κ1) is 28.9. The molecule has 3 amide bonds. The van der Waals surface area contributed by atoms with Gasteiger partial charge < -0.3 is 20.7 Å². The molecule has 0 saturated carbocycles. The fraction of sp³-hybridized carbons (Fsp3) is 0.625. The first-order valence-electron chi connectivity index (χ1n) is 11.4. The number of nitro groups is 1. The van der Waals surface area contributed by atoms with Crippen molar-refractivity contribution in [2.45, 2.75) is 59.5 Å². The molecule has 0 spiro atoms. The second kappa shape index (κ2) is 12.9. The highest BCUT2D eigenvalue weighted by Crippen LogP contribution is 2.22. The van der Waals surface area contributed by atoms with Crippen LogP contribution in [0.3, 0.4) is 0 Å². The summed E-state index contributed by atoms with van der Waals surface area (Å²) < 4.78 is 5.15. The van der Waals surface area contributed by atoms with Crippen LogP contribution in [0.2, 0.25) is 0 Å². The van der Waals surface area contributed by atoms with E-state index >= 15 is 0 Å². The lowest BCUT2D eigenvalue weighted by atomic mass is 9.85. The predicted molar refractivity (Wildman–Crippen MR) is 129 cm³/mol. The lowest BCUT2D eigenvalue weighted by Crippen LogP contribution is -2.59. The first-order chi connectivity index (χ1) is 15.8. The fourth-order valence-electron chi connectivity index (χ4n) is 3.58. The van der Waals surface area contributed by atoms with Crippen LogP contribution in [0.5, 0.6) is 5.75 Å². The highest BCUT2D eigenvalue weighted by atomic mass is 16.6. The minimum atomic E-state index is -0.996. The van der Waals surface area contributed by atoms with Crippen molar-refractivity contribution in [2.24, 2.45) is 17.3 Å². The number of ether oxygens (including phenoxy) is 1. The van der Waals surface area contributed by atoms with Crippen molar-refractivity contribution in [3.8, 4) is 5.75 Å². The molecule has 0 fully saturated rings. The Morgan fingerprint density at radius 1 is 1.03 bits per heavy atom. The number of likely N-dealkylation sites (N-methyl/N-ethyl adjacent to an activating group) is 1. The Morgan fingerprint density at radius 3 is 2.06 bits per heavy atom. The number of nitrogens with one attached hydrogen (secondary N) is 3. The summed E-state index contributed by atoms with van der Waals surface area (Å²) in [5, 5.41) is 19.1. The van der Waals surface area contributed by atoms with Crippen molar-refractivity contribution >= 4 is 17.7 Å². The van der Waals surface area contributed by atoms with Crippen molar-refractivity contribution in [1.29, 1.82) is 0 Å². The molecule has 10 nitrogen and oxygen atoms in total. The summed E-state index contributed by atoms with van der Waals surface area (Å²) in [6.07, 6.45) is 0.557. The fourth-order valence-corrected chi connectivity index (χ4v) is 3.58. The van der Waals surface area contributed by atoms with E-state index < -0.39 is 46.7 Å². The summed E-state index contributed by atoms with van der Waals surface area (Å²) >= 11 is 0. The van der Waals surface area contributed by atoms with Gasteiger partial charge in [0.25, 0.3) is 0 Å². The normalized spacial score (nSPS) is 14.0. The zero-order chi connectivity index (χ0) is 26.1. The van der Waals surface area contributed by atoms with Crippen LogP contribution in [-0.4, -0.2) is 55.4 Å². The molecule has 0 aromatic heterocycles. The van der Waals surface area contributed by atoms with E-state index in [4.69, 9.17) is 4.74 Å². The molecule has 3 atom stereocenters. The Kier molecular flexibility index (Phi) is 11.0. The molecule has 0 aliphatic rings. The Balaban J connectivity index is 3.08. The van der Waals surface area contributed by atoms with E-state index in [0.29, 0.717) is 12.2 Å². The minimum absolute atomic E-state index is 0.0692. The maximum atomic E-state index is 13.3. The minimum Gasteiger partial charge on any atom is -0.497 e. The smallest absolute Gasteiger partial charge is 0.243 e. The third-order valence-electron chi connectivity index (χ3n) is 5.39. The van der Waals surface area contributed by atoms with Gasteiger partial charge in [0.15, 0.2) is 0 Å². The third kappa shape index (κ3) is 9.36. The van der Waals surface area contributed by atoms with Crippen LogP contribution in [0.1, 0.15) is 46.6 Å². The van der Waals surface area contributed by atoms with Gasteiger partial charge in [-0.15, -0.1) is 0 Å². The lowest BCUT2D eigenvalue weighted by molar-refractivity contribution is -0.486. The maximum absolute atomic E-state index is 13.3. The molecular formula is C24H38N4O6. The topological polar surface area (TPSA) is 140 Å². The maximum Gasteiger partial charge on any atom is 0.243 e. The van der Waals surface area contributed by atoms with Gasteiger partial charge in [-0.05, 0) is 35.4 Å². The lowest BCUT2D eigenvalue weighted by Gasteiger charge is -2.32. The number of hydrogen-bond acceptors (Lipinski definition) is 6. The Bertz CT molecular complexity index is 848. The monoisotopic (exact) mass is 478 g/mol. The quantitative estimate of drug-likeness (QED) is 0.310. The summed E-state index contributed by atoms with van der Waals surface area (Å²) in [5.74, 6) is -1.58. The van der Waals surface area contributed by atoms with Crippen LogP contribution in [0.4, 0.5) is 0 Å². The van der Waals surface area contributed by atoms with E-state index in [1.165, 1.54) is 7.05 Å². The van der Waals surface area contributed by atoms with Gasteiger partial charge in [0.2, 0.25) is 24.3 Å². The molecule has 3 N–H and O–H groups in total. The number of methoxy groups -OCH3 is 1. The van der Waals surface area contributed by atoms with Gasteiger partial charge in [-0.2, -0.15) is 0 Å². The second-order valence-electron chi connectivity index (χ2n) is 9.88. The zero-order valence-electron chi connectivity index (χ0n) is 21.1. The molecule has 0 bridgehead atoms. The van der Waals surface area contributed by atoms with Gasteiger partial charge in [-0.25, -0.2) is 0 Å². The van der Waals surface area contributed by atoms with Gasteiger partial charge in [0, 0.05) is 18.4 Å². The molecule has 34 heavy (non-hydrogen) atoms. The van der Waals surface area contributed by atoms with Crippen molar-refractivity contribution in [1.82, 2.24) is 16.0 Å². The summed E-state index contributed by atoms with van der Waals surface area (Å²) in [6.45, 7) is 8.58. The molecule has 0 unspecified atom stereocenters. The Hall–Kier alpha value is -3.17. The molecule has 0 heterocycles. The number of carbonyl (C=O) groups excluding carboxylic acids is 3. The summed E-state index contributed by atoms with van der Waals surface area (Å²) in [5.41, 5.74) is 0.110. The average Bonchev–Trinajstić information content (AvgIpc) is 2.74. The molecule has 0 aliphatic heterocycles. The number of amides is 3. The Morgan fingerprint density at radius 2 is 1.62 bits per heavy atom. The van der Waals surface area contributed by atoms with E-state index in [9.17, 15) is 24.5 Å². The first-order valence-corrected chi connectivity index (χ1v) is 11.4. The molecule has 0 aliphatic carbocycles. The number of carbonyl (C=O) groups is 3. The Labute approximate surface area is 201 Å². The van der Waals surface area contributed by atoms with Crippen molar-refractivity contribution in [3.63, 3.8) is 0 Å². The van der Waals surface area contributed by atoms with E-state index in [2.05, 4.69) is 16.0 Å². The van der Waals surface area contributed by atoms with Gasteiger partial charge in [-0.1, -0.05) is 46.8 Å². The third-order valence-corrected chi connectivity index (χ3v) is 5.39. The van der Waals surface area contributed by atoms with Crippen LogP contribution < -0.4 is 20.7 Å². The molecule has 10 heteroatoms. The standard InChI is InChI=1S/C24H38N4O6/c1-15(2)12-17(14-28(32)33)21(29)27-20(24(3,4)5)23(31)26-19(22(30)25-6)13-16-8-10-18(34-7)11-9-16/h8-11,15,17,19-20H,12-14H2,1-7H3,(H,25,30)(H,26,31)(H,27,29)/t17-,19-,20-/m1/s1. The summed E-state index contributed by atoms with van der Waals surface area (Å²) in [7, 11) is 3.04. The van der Waals surface area contributed by atoms with Gasteiger partial charge >= 0.3 is 0 Å². The number of nitrogens with zero attached hydrogens (tertiary/aromatic N) is 1. The van der Waals surface area contributed by atoms with E-state index in [-0.39, 0.29) is 18.2 Å². The summed E-state index contributed by atoms with van der Waals surface area (Å²) in [6, 6.07) is 5.26. The van der Waals surface area contributed by atoms with Crippen LogP contribution in [0.15, 0.2) is 24.3 Å². The van der Waals surface area contributed by atoms with Crippen molar-refractivity contribution < 1.29 is 24.0 Å². The largest absolute Gasteiger partial charge is 0.497 e. The number of rotatable bonds is 12. The number of benzene rings is 1. The second-order valence-corrected chi connectivity index (χ2v) is 9.88. The molecule has 0 saturated heterocycles. The van der Waals surface area contributed by atoms with Gasteiger partial charge in [0.05, 0.1) is 7.11 Å². The van der Waals surface area contributed by atoms with E-state index in [0.717, 1.165) is 5.56 Å². The number of hydrogen-bond donors (Lipinski definition) is 3. The van der Waals surface area contributed by atoms with Gasteiger partial charge in [0.1, 0.15) is 23.8 Å². The SMILES string of the molecule is CNC(=O)[C@@H](Cc1ccc(OC)cc1)NC(=O)[C@@H](NC(=O)[C@H](CC(C)C)C[N+](=O)[O-])C(C)(C)C. The van der Waals surface area contributed by atoms with Crippen molar-refractivity contribution in [3.05, 3.63) is 39.9 Å². The molecular weight excluding hydrogens is 440 g/mol. The molecule has 0 radical (unpaired) electrons. The highest BCUT2D eigenvalue weighted by molar-refractivity contribution is 5.93. The van der Waals surface area contributed by atoms with Crippen LogP contribution in [0.25, 0.3) is 0 Å². The summed E-state index contributed by atoms with van der Waals surface area (Å²) in [4.78, 5) is 49.2.